The Bertz CT molecular complexity index is 683. The van der Waals surface area contributed by atoms with Gasteiger partial charge in [0.15, 0.2) is 0 Å². The summed E-state index contributed by atoms with van der Waals surface area (Å²) in [7, 11) is -1.94. The first-order valence-electron chi connectivity index (χ1n) is 7.08. The number of hydrogen-bond donors (Lipinski definition) is 0. The molecule has 0 fully saturated rings. The van der Waals surface area contributed by atoms with Crippen molar-refractivity contribution in [2.45, 2.75) is 0 Å². The van der Waals surface area contributed by atoms with E-state index in [4.69, 9.17) is 0 Å². The molecule has 106 valence electrons. The Labute approximate surface area is 135 Å². The minimum atomic E-state index is -1.94. The Hall–Kier alpha value is -1.43. The van der Waals surface area contributed by atoms with Gasteiger partial charge in [0.1, 0.15) is 0 Å². The van der Waals surface area contributed by atoms with E-state index in [1.807, 2.05) is 0 Å². The van der Waals surface area contributed by atoms with Gasteiger partial charge in [0.25, 0.3) is 0 Å². The molecule has 3 rings (SSSR count). The van der Waals surface area contributed by atoms with Gasteiger partial charge in [0, 0.05) is 0 Å². The van der Waals surface area contributed by atoms with Gasteiger partial charge in [-0.2, -0.15) is 0 Å². The Morgan fingerprint density at radius 3 is 1.57 bits per heavy atom. The van der Waals surface area contributed by atoms with Gasteiger partial charge in [0.2, 0.25) is 0 Å². The monoisotopic (exact) mass is 356 g/mol. The van der Waals surface area contributed by atoms with Gasteiger partial charge < -0.3 is 0 Å². The van der Waals surface area contributed by atoms with Gasteiger partial charge in [-0.1, -0.05) is 0 Å². The van der Waals surface area contributed by atoms with Crippen LogP contribution in [0.1, 0.15) is 0 Å². The van der Waals surface area contributed by atoms with Gasteiger partial charge in [-0.15, -0.1) is 0 Å². The van der Waals surface area contributed by atoms with E-state index in [2.05, 4.69) is 108 Å². The average Bonchev–Trinajstić information content (AvgIpc) is 2.56. The molecule has 0 aliphatic carbocycles. The second-order valence-corrected chi connectivity index (χ2v) is 10.3. The molecule has 3 aromatic rings. The number of benzene rings is 3. The maximum atomic E-state index is 3.62. The van der Waals surface area contributed by atoms with Crippen molar-refractivity contribution in [1.29, 1.82) is 0 Å². The van der Waals surface area contributed by atoms with Crippen LogP contribution in [0.15, 0.2) is 89.4 Å². The summed E-state index contributed by atoms with van der Waals surface area (Å²) >= 11 is 3.62. The van der Waals surface area contributed by atoms with E-state index >= 15 is 0 Å². The van der Waals surface area contributed by atoms with Crippen molar-refractivity contribution in [2.75, 3.05) is 6.66 Å². The van der Waals surface area contributed by atoms with E-state index in [1.54, 1.807) is 0 Å². The van der Waals surface area contributed by atoms with Crippen LogP contribution in [0.3, 0.4) is 0 Å². The molecule has 0 unspecified atom stereocenters. The van der Waals surface area contributed by atoms with Crippen LogP contribution in [-0.2, 0) is 0 Å². The topological polar surface area (TPSA) is 0 Å². The Morgan fingerprint density at radius 2 is 1.10 bits per heavy atom. The second kappa shape index (κ2) is 6.13. The summed E-state index contributed by atoms with van der Waals surface area (Å²) in [6, 6.07) is 30.6. The van der Waals surface area contributed by atoms with Gasteiger partial charge >= 0.3 is 135 Å². The molecular formula is C19H18BrP. The van der Waals surface area contributed by atoms with Crippen LogP contribution in [-0.4, -0.2) is 6.66 Å². The summed E-state index contributed by atoms with van der Waals surface area (Å²) in [4.78, 5) is 0. The van der Waals surface area contributed by atoms with Crippen LogP contribution in [0.5, 0.6) is 0 Å². The molecule has 0 aliphatic heterocycles. The molecule has 0 nitrogen and oxygen atoms in total. The van der Waals surface area contributed by atoms with Crippen LogP contribution in [0.4, 0.5) is 0 Å². The molecule has 0 radical (unpaired) electrons. The molecular weight excluding hydrogens is 339 g/mol. The molecule has 0 N–H and O–H groups in total. The Kier molecular flexibility index (Phi) is 4.24. The van der Waals surface area contributed by atoms with Gasteiger partial charge in [-0.25, -0.2) is 0 Å². The quantitative estimate of drug-likeness (QED) is 0.619. The summed E-state index contributed by atoms with van der Waals surface area (Å²) < 4.78 is 1.14. The summed E-state index contributed by atoms with van der Waals surface area (Å²) in [6.45, 7) is 2.43. The predicted molar refractivity (Wildman–Crippen MR) is 100 cm³/mol. The van der Waals surface area contributed by atoms with E-state index in [1.165, 1.54) is 15.9 Å². The first kappa shape index (κ1) is 14.5. The fraction of sp³-hybridized carbons (Fsp3) is 0.0526. The maximum absolute atomic E-state index is 3.62. The third-order valence-corrected chi connectivity index (χ3v) is 9.04. The molecule has 0 amide bonds. The van der Waals surface area contributed by atoms with Crippen molar-refractivity contribution in [2.24, 2.45) is 0 Å². The fourth-order valence-corrected chi connectivity index (χ4v) is 7.04. The molecule has 0 aromatic heterocycles. The van der Waals surface area contributed by atoms with Gasteiger partial charge in [0.05, 0.1) is 0 Å². The first-order valence-corrected chi connectivity index (χ1v) is 10.4. The zero-order chi connectivity index (χ0) is 14.7. The molecule has 0 saturated carbocycles. The average molecular weight is 357 g/mol. The minimum absolute atomic E-state index is 1.14. The summed E-state index contributed by atoms with van der Waals surface area (Å²) in [5, 5.41) is 4.30. The van der Waals surface area contributed by atoms with E-state index < -0.39 is 7.26 Å². The summed E-state index contributed by atoms with van der Waals surface area (Å²) in [5.41, 5.74) is 0. The van der Waals surface area contributed by atoms with E-state index in [-0.39, 0.29) is 0 Å². The Balaban J connectivity index is 2.25. The third-order valence-electron chi connectivity index (χ3n) is 4.10. The van der Waals surface area contributed by atoms with E-state index in [9.17, 15) is 0 Å². The third kappa shape index (κ3) is 2.81. The van der Waals surface area contributed by atoms with Crippen molar-refractivity contribution >= 4 is 39.1 Å². The van der Waals surface area contributed by atoms with Crippen molar-refractivity contribution < 1.29 is 0 Å². The van der Waals surface area contributed by atoms with Crippen molar-refractivity contribution in [3.63, 3.8) is 0 Å². The van der Waals surface area contributed by atoms with Crippen LogP contribution in [0.25, 0.3) is 0 Å². The molecule has 0 aliphatic rings. The van der Waals surface area contributed by atoms with Crippen LogP contribution in [0, 0.1) is 0 Å². The normalized spacial score (nSPS) is 12.1. The molecule has 21 heavy (non-hydrogen) atoms. The van der Waals surface area contributed by atoms with Crippen molar-refractivity contribution in [3.8, 4) is 0 Å². The SMILES string of the molecule is C[PH](c1ccccc1)(c1ccccc1)c1cccc(Br)c1. The van der Waals surface area contributed by atoms with Gasteiger partial charge in [-0.05, 0) is 0 Å². The summed E-state index contributed by atoms with van der Waals surface area (Å²) in [6.07, 6.45) is 0. The van der Waals surface area contributed by atoms with E-state index in [0.29, 0.717) is 0 Å². The molecule has 0 heterocycles. The standard InChI is InChI=1S/C19H18BrP/c1-21(17-10-4-2-5-11-17,18-12-6-3-7-13-18)19-14-8-9-16(20)15-19/h2-15,21H,1H3. The van der Waals surface area contributed by atoms with Gasteiger partial charge in [-0.3, -0.25) is 0 Å². The Morgan fingerprint density at radius 1 is 0.619 bits per heavy atom. The molecule has 0 bridgehead atoms. The first-order chi connectivity index (χ1) is 10.2. The second-order valence-electron chi connectivity index (χ2n) is 5.37. The molecule has 0 saturated heterocycles. The predicted octanol–water partition coefficient (Wildman–Crippen LogP) is 4.11. The number of halogens is 1. The molecule has 3 aromatic carbocycles. The van der Waals surface area contributed by atoms with Crippen molar-refractivity contribution in [1.82, 2.24) is 0 Å². The molecule has 0 atom stereocenters. The van der Waals surface area contributed by atoms with Crippen LogP contribution >= 0.6 is 23.2 Å². The zero-order valence-corrected chi connectivity index (χ0v) is 14.5. The van der Waals surface area contributed by atoms with E-state index in [0.717, 1.165) is 4.47 Å². The zero-order valence-electron chi connectivity index (χ0n) is 12.0. The number of rotatable bonds is 3. The summed E-state index contributed by atoms with van der Waals surface area (Å²) in [5.74, 6) is 0. The fourth-order valence-electron chi connectivity index (χ4n) is 2.84. The van der Waals surface area contributed by atoms with Crippen LogP contribution in [0.2, 0.25) is 0 Å². The number of hydrogen-bond acceptors (Lipinski definition) is 0. The van der Waals surface area contributed by atoms with Crippen LogP contribution < -0.4 is 15.9 Å². The molecule has 0 spiro atoms. The molecule has 2 heteroatoms. The van der Waals surface area contributed by atoms with Crippen molar-refractivity contribution in [3.05, 3.63) is 89.4 Å².